The Bertz CT molecular complexity index is 805. The van der Waals surface area contributed by atoms with Crippen LogP contribution in [0, 0.1) is 0 Å². The maximum Gasteiger partial charge on any atom is 0.161 e. The fourth-order valence-electron chi connectivity index (χ4n) is 4.48. The topological polar surface area (TPSA) is 36.9 Å². The van der Waals surface area contributed by atoms with Crippen LogP contribution in [-0.2, 0) is 17.6 Å². The summed E-state index contributed by atoms with van der Waals surface area (Å²) in [7, 11) is 9.27. The maximum atomic E-state index is 5.63. The molecule has 5 heteroatoms. The number of hydrogen-bond acceptors (Lipinski definition) is 4. The third-order valence-electron chi connectivity index (χ3n) is 6.25. The first-order valence-electron chi connectivity index (χ1n) is 10.3. The molecule has 0 saturated carbocycles. The molecule has 0 amide bonds. The zero-order valence-corrected chi connectivity index (χ0v) is 18.4. The molecular formula is C24H34NO4+. The third kappa shape index (κ3) is 4.68. The Morgan fingerprint density at radius 3 is 2.24 bits per heavy atom. The number of hydrogen-bond donors (Lipinski definition) is 0. The minimum atomic E-state index is 0.351. The number of nitrogens with zero attached hydrogens (tertiary/aromatic N) is 1. The second kappa shape index (κ2) is 9.51. The molecule has 3 rings (SSSR count). The normalized spacial score (nSPS) is 20.8. The summed E-state index contributed by atoms with van der Waals surface area (Å²) in [4.78, 5) is 0. The van der Waals surface area contributed by atoms with E-state index in [1.165, 1.54) is 16.7 Å². The lowest BCUT2D eigenvalue weighted by Gasteiger charge is -2.46. The van der Waals surface area contributed by atoms with Crippen LogP contribution in [0.4, 0.5) is 0 Å². The van der Waals surface area contributed by atoms with E-state index in [4.69, 9.17) is 18.9 Å². The number of quaternary nitrogens is 1. The van der Waals surface area contributed by atoms with Crippen molar-refractivity contribution in [2.45, 2.75) is 25.3 Å². The van der Waals surface area contributed by atoms with Crippen molar-refractivity contribution in [2.24, 2.45) is 0 Å². The lowest BCUT2D eigenvalue weighted by molar-refractivity contribution is -0.941. The van der Waals surface area contributed by atoms with Gasteiger partial charge in [0.05, 0.1) is 48.1 Å². The molecule has 0 bridgehead atoms. The van der Waals surface area contributed by atoms with E-state index >= 15 is 0 Å². The number of methoxy groups -OCH3 is 4. The molecule has 0 aromatic heterocycles. The Labute approximate surface area is 174 Å². The second-order valence-corrected chi connectivity index (χ2v) is 8.00. The molecule has 0 fully saturated rings. The molecule has 0 saturated heterocycles. The Balaban J connectivity index is 1.99. The van der Waals surface area contributed by atoms with E-state index in [1.807, 2.05) is 12.1 Å². The molecule has 2 atom stereocenters. The van der Waals surface area contributed by atoms with Gasteiger partial charge in [-0.15, -0.1) is 0 Å². The molecule has 0 aliphatic carbocycles. The van der Waals surface area contributed by atoms with Crippen molar-refractivity contribution < 1.29 is 23.4 Å². The third-order valence-corrected chi connectivity index (χ3v) is 6.25. The van der Waals surface area contributed by atoms with E-state index in [9.17, 15) is 0 Å². The monoisotopic (exact) mass is 400 g/mol. The van der Waals surface area contributed by atoms with Crippen LogP contribution in [0.3, 0.4) is 0 Å². The molecule has 0 radical (unpaired) electrons. The highest BCUT2D eigenvalue weighted by Gasteiger charge is 2.39. The summed E-state index contributed by atoms with van der Waals surface area (Å²) < 4.78 is 22.8. The summed E-state index contributed by atoms with van der Waals surface area (Å²) in [5.41, 5.74) is 4.04. The van der Waals surface area contributed by atoms with E-state index in [2.05, 4.69) is 31.3 Å². The highest BCUT2D eigenvalue weighted by molar-refractivity contribution is 5.49. The highest BCUT2D eigenvalue weighted by Crippen LogP contribution is 2.42. The first-order valence-corrected chi connectivity index (χ1v) is 10.3. The molecule has 0 N–H and O–H groups in total. The van der Waals surface area contributed by atoms with Crippen molar-refractivity contribution in [3.05, 3.63) is 53.1 Å². The van der Waals surface area contributed by atoms with Gasteiger partial charge in [-0.25, -0.2) is 0 Å². The average Bonchev–Trinajstić information content (AvgIpc) is 2.75. The van der Waals surface area contributed by atoms with Crippen molar-refractivity contribution in [1.29, 1.82) is 0 Å². The standard InChI is InChI=1S/C24H34NO4/c1-25(12-6-14-26-2)13-11-19-16-23(28-4)24(29-5)17-21(19)22(25)15-18-7-9-20(27-3)10-8-18/h7-10,16-17,22H,6,11-15H2,1-5H3/q+1. The SMILES string of the molecule is COCCC[N+]1(C)CCc2cc(OC)c(OC)cc2C1Cc1ccc(OC)cc1. The van der Waals surface area contributed by atoms with Crippen LogP contribution in [0.1, 0.15) is 29.2 Å². The van der Waals surface area contributed by atoms with Crippen LogP contribution in [-0.4, -0.2) is 59.7 Å². The van der Waals surface area contributed by atoms with Gasteiger partial charge in [-0.2, -0.15) is 0 Å². The van der Waals surface area contributed by atoms with Crippen LogP contribution in [0.15, 0.2) is 36.4 Å². The van der Waals surface area contributed by atoms with Crippen molar-refractivity contribution in [3.63, 3.8) is 0 Å². The predicted molar refractivity (Wildman–Crippen MR) is 115 cm³/mol. The summed E-state index contributed by atoms with van der Waals surface area (Å²) in [5.74, 6) is 2.50. The molecule has 158 valence electrons. The minimum absolute atomic E-state index is 0.351. The van der Waals surface area contributed by atoms with Crippen LogP contribution in [0.25, 0.3) is 0 Å². The molecule has 1 aliphatic heterocycles. The Hall–Kier alpha value is -2.24. The molecule has 1 aliphatic rings. The molecular weight excluding hydrogens is 366 g/mol. The summed E-state index contributed by atoms with van der Waals surface area (Å²) >= 11 is 0. The van der Waals surface area contributed by atoms with Crippen LogP contribution < -0.4 is 14.2 Å². The van der Waals surface area contributed by atoms with Gasteiger partial charge in [0, 0.05) is 31.9 Å². The van der Waals surface area contributed by atoms with Gasteiger partial charge in [0.1, 0.15) is 11.8 Å². The quantitative estimate of drug-likeness (QED) is 0.470. The number of likely N-dealkylation sites (N-methyl/N-ethyl adjacent to an activating group) is 1. The summed E-state index contributed by atoms with van der Waals surface area (Å²) in [6, 6.07) is 13.1. The molecule has 1 heterocycles. The first kappa shape index (κ1) is 21.5. The van der Waals surface area contributed by atoms with Crippen molar-refractivity contribution >= 4 is 0 Å². The number of ether oxygens (including phenoxy) is 4. The van der Waals surface area contributed by atoms with E-state index < -0.39 is 0 Å². The molecule has 0 spiro atoms. The van der Waals surface area contributed by atoms with Gasteiger partial charge in [0.25, 0.3) is 0 Å². The smallest absolute Gasteiger partial charge is 0.161 e. The van der Waals surface area contributed by atoms with Gasteiger partial charge < -0.3 is 23.4 Å². The molecule has 2 aromatic rings. The van der Waals surface area contributed by atoms with E-state index in [1.54, 1.807) is 28.4 Å². The van der Waals surface area contributed by atoms with Crippen molar-refractivity contribution in [3.8, 4) is 17.2 Å². The lowest BCUT2D eigenvalue weighted by Crippen LogP contribution is -2.52. The highest BCUT2D eigenvalue weighted by atomic mass is 16.5. The van der Waals surface area contributed by atoms with E-state index in [-0.39, 0.29) is 0 Å². The van der Waals surface area contributed by atoms with Gasteiger partial charge in [0.2, 0.25) is 0 Å². The van der Waals surface area contributed by atoms with Gasteiger partial charge in [0.15, 0.2) is 11.5 Å². The summed E-state index contributed by atoms with van der Waals surface area (Å²) in [6.45, 7) is 2.98. The fraction of sp³-hybridized carbons (Fsp3) is 0.500. The van der Waals surface area contributed by atoms with Gasteiger partial charge in [-0.1, -0.05) is 12.1 Å². The van der Waals surface area contributed by atoms with E-state index in [0.29, 0.717) is 6.04 Å². The Morgan fingerprint density at radius 2 is 1.62 bits per heavy atom. The van der Waals surface area contributed by atoms with Crippen LogP contribution in [0.2, 0.25) is 0 Å². The summed E-state index contributed by atoms with van der Waals surface area (Å²) in [5, 5.41) is 0. The zero-order chi connectivity index (χ0) is 20.9. The Morgan fingerprint density at radius 1 is 0.931 bits per heavy atom. The maximum absolute atomic E-state index is 5.63. The minimum Gasteiger partial charge on any atom is -0.497 e. The molecule has 29 heavy (non-hydrogen) atoms. The number of rotatable bonds is 9. The Kier molecular flexibility index (Phi) is 7.04. The van der Waals surface area contributed by atoms with Crippen molar-refractivity contribution in [2.75, 3.05) is 55.2 Å². The van der Waals surface area contributed by atoms with E-state index in [0.717, 1.165) is 60.7 Å². The molecule has 2 aromatic carbocycles. The van der Waals surface area contributed by atoms with Gasteiger partial charge in [-0.05, 0) is 35.4 Å². The molecule has 5 nitrogen and oxygen atoms in total. The van der Waals surface area contributed by atoms with Gasteiger partial charge >= 0.3 is 0 Å². The van der Waals surface area contributed by atoms with Crippen LogP contribution >= 0.6 is 0 Å². The zero-order valence-electron chi connectivity index (χ0n) is 18.4. The summed E-state index contributed by atoms with van der Waals surface area (Å²) in [6.07, 6.45) is 3.06. The number of fused-ring (bicyclic) bond motifs is 1. The first-order chi connectivity index (χ1) is 14.0. The number of benzene rings is 2. The second-order valence-electron chi connectivity index (χ2n) is 8.00. The fourth-order valence-corrected chi connectivity index (χ4v) is 4.48. The average molecular weight is 401 g/mol. The predicted octanol–water partition coefficient (Wildman–Crippen LogP) is 4.04. The van der Waals surface area contributed by atoms with Gasteiger partial charge in [-0.3, -0.25) is 0 Å². The van der Waals surface area contributed by atoms with Crippen LogP contribution in [0.5, 0.6) is 17.2 Å². The largest absolute Gasteiger partial charge is 0.497 e. The lowest BCUT2D eigenvalue weighted by atomic mass is 9.86. The van der Waals surface area contributed by atoms with Crippen molar-refractivity contribution in [1.82, 2.24) is 0 Å². The molecule has 2 unspecified atom stereocenters.